The molecule has 2 heterocycles. The van der Waals surface area contributed by atoms with Crippen LogP contribution in [0.5, 0.6) is 5.75 Å². The summed E-state index contributed by atoms with van der Waals surface area (Å²) >= 11 is 0. The molecule has 1 fully saturated rings. The van der Waals surface area contributed by atoms with Crippen molar-refractivity contribution in [2.45, 2.75) is 75.7 Å². The van der Waals surface area contributed by atoms with Gasteiger partial charge < -0.3 is 19.5 Å². The predicted octanol–water partition coefficient (Wildman–Crippen LogP) is 4.19. The number of fused-ring (bicyclic) bond motifs is 1. The average Bonchev–Trinajstić information content (AvgIpc) is 3.24. The maximum atomic E-state index is 13.8. The highest BCUT2D eigenvalue weighted by atomic mass is 32.2. The smallest absolute Gasteiger partial charge is 0.247 e. The fourth-order valence-corrected chi connectivity index (χ4v) is 6.63. The van der Waals surface area contributed by atoms with Crippen molar-refractivity contribution in [3.05, 3.63) is 54.1 Å². The van der Waals surface area contributed by atoms with Crippen molar-refractivity contribution in [2.75, 3.05) is 31.1 Å². The van der Waals surface area contributed by atoms with Crippen LogP contribution in [0, 0.1) is 0 Å². The molecule has 2 aliphatic heterocycles. The van der Waals surface area contributed by atoms with Crippen molar-refractivity contribution < 1.29 is 23.0 Å². The first kappa shape index (κ1) is 25.9. The molecule has 0 saturated carbocycles. The summed E-state index contributed by atoms with van der Waals surface area (Å²) in [6.07, 6.45) is 3.89. The number of ether oxygens (including phenoxy) is 2. The van der Waals surface area contributed by atoms with Gasteiger partial charge in [-0.15, -0.1) is 0 Å². The number of benzene rings is 2. The number of hydrogen-bond acceptors (Lipinski definition) is 6. The van der Waals surface area contributed by atoms with E-state index in [0.29, 0.717) is 25.3 Å². The lowest BCUT2D eigenvalue weighted by Crippen LogP contribution is -2.44. The van der Waals surface area contributed by atoms with E-state index in [-0.39, 0.29) is 30.2 Å². The third-order valence-corrected chi connectivity index (χ3v) is 8.87. The van der Waals surface area contributed by atoms with Crippen LogP contribution < -0.4 is 9.64 Å². The van der Waals surface area contributed by atoms with E-state index < -0.39 is 16.1 Å². The molecular formula is C27H38N2O5S. The van der Waals surface area contributed by atoms with Gasteiger partial charge in [-0.25, -0.2) is 8.42 Å². The summed E-state index contributed by atoms with van der Waals surface area (Å²) in [5, 5.41) is 9.95. The van der Waals surface area contributed by atoms with E-state index in [2.05, 4.69) is 11.8 Å². The van der Waals surface area contributed by atoms with Gasteiger partial charge in [-0.3, -0.25) is 0 Å². The summed E-state index contributed by atoms with van der Waals surface area (Å²) in [5.74, 6) is 0.362. The Hall–Kier alpha value is -2.13. The van der Waals surface area contributed by atoms with Crippen molar-refractivity contribution in [1.29, 1.82) is 0 Å². The Balaban J connectivity index is 1.58. The molecule has 0 spiro atoms. The lowest BCUT2D eigenvalue weighted by Gasteiger charge is -2.28. The molecule has 4 rings (SSSR count). The fraction of sp³-hybridized carbons (Fsp3) is 0.556. The van der Waals surface area contributed by atoms with Crippen LogP contribution in [-0.2, 0) is 21.4 Å². The molecule has 1 N–H and O–H groups in total. The van der Waals surface area contributed by atoms with Gasteiger partial charge in [-0.2, -0.15) is 4.31 Å². The van der Waals surface area contributed by atoms with Crippen molar-refractivity contribution in [1.82, 2.24) is 4.31 Å². The third kappa shape index (κ3) is 6.36. The first-order valence-electron chi connectivity index (χ1n) is 12.8. The number of rotatable bonds is 10. The van der Waals surface area contributed by atoms with Gasteiger partial charge >= 0.3 is 0 Å². The zero-order valence-corrected chi connectivity index (χ0v) is 21.6. The van der Waals surface area contributed by atoms with Gasteiger partial charge in [0, 0.05) is 30.9 Å². The molecule has 8 heteroatoms. The quantitative estimate of drug-likeness (QED) is 0.491. The number of hydrogen-bond donors (Lipinski definition) is 1. The Labute approximate surface area is 209 Å². The Bertz CT molecular complexity index is 1060. The Morgan fingerprint density at radius 3 is 2.66 bits per heavy atom. The van der Waals surface area contributed by atoms with E-state index in [4.69, 9.17) is 9.47 Å². The molecule has 0 radical (unpaired) electrons. The minimum Gasteiger partial charge on any atom is -0.485 e. The molecule has 0 aromatic heterocycles. The van der Waals surface area contributed by atoms with Crippen LogP contribution >= 0.6 is 0 Å². The molecule has 35 heavy (non-hydrogen) atoms. The minimum absolute atomic E-state index is 0.133. The van der Waals surface area contributed by atoms with Gasteiger partial charge in [-0.1, -0.05) is 56.5 Å². The van der Waals surface area contributed by atoms with E-state index in [1.807, 2.05) is 43.3 Å². The number of aliphatic hydroxyl groups excluding tert-OH is 1. The van der Waals surface area contributed by atoms with Gasteiger partial charge in [0.2, 0.25) is 10.0 Å². The first-order chi connectivity index (χ1) is 16.9. The van der Waals surface area contributed by atoms with Gasteiger partial charge in [0.25, 0.3) is 0 Å². The number of β-amino-alcohol motifs (C(OH)–C–C–N with tert-alkyl or cyclic N) is 1. The summed E-state index contributed by atoms with van der Waals surface area (Å²) in [7, 11) is -3.73. The highest BCUT2D eigenvalue weighted by molar-refractivity contribution is 7.89. The average molecular weight is 503 g/mol. The lowest BCUT2D eigenvalue weighted by molar-refractivity contribution is 0.0310. The monoisotopic (exact) mass is 502 g/mol. The SMILES string of the molecule is CCCCC[C@H](C)N1C[C@H](COCc2ccccc2)Oc2cc(N3CC[C@@H](O)C3)ccc2S1(=O)=O. The molecule has 192 valence electrons. The number of unbranched alkanes of at least 4 members (excludes halogenated alkanes) is 2. The van der Waals surface area contributed by atoms with Crippen molar-refractivity contribution in [2.24, 2.45) is 0 Å². The van der Waals surface area contributed by atoms with Crippen molar-refractivity contribution >= 4 is 15.7 Å². The number of anilines is 1. The molecule has 7 nitrogen and oxygen atoms in total. The van der Waals surface area contributed by atoms with Crippen molar-refractivity contribution in [3.8, 4) is 5.75 Å². The highest BCUT2D eigenvalue weighted by Crippen LogP contribution is 2.36. The van der Waals surface area contributed by atoms with Crippen molar-refractivity contribution in [3.63, 3.8) is 0 Å². The number of nitrogens with zero attached hydrogens (tertiary/aromatic N) is 2. The van der Waals surface area contributed by atoms with Crippen LogP contribution in [0.4, 0.5) is 5.69 Å². The summed E-state index contributed by atoms with van der Waals surface area (Å²) in [6, 6.07) is 15.1. The Morgan fingerprint density at radius 1 is 1.14 bits per heavy atom. The first-order valence-corrected chi connectivity index (χ1v) is 14.2. The van der Waals surface area contributed by atoms with E-state index in [1.165, 1.54) is 0 Å². The summed E-state index contributed by atoms with van der Waals surface area (Å²) < 4.78 is 41.5. The zero-order chi connectivity index (χ0) is 24.8. The second-order valence-electron chi connectivity index (χ2n) is 9.68. The minimum atomic E-state index is -3.73. The lowest BCUT2D eigenvalue weighted by atomic mass is 10.1. The van der Waals surface area contributed by atoms with Crippen LogP contribution in [0.25, 0.3) is 0 Å². The number of aliphatic hydroxyl groups is 1. The molecule has 0 bridgehead atoms. The van der Waals surface area contributed by atoms with E-state index in [1.54, 1.807) is 16.4 Å². The Kier molecular flexibility index (Phi) is 8.70. The largest absolute Gasteiger partial charge is 0.485 e. The summed E-state index contributed by atoms with van der Waals surface area (Å²) in [5.41, 5.74) is 1.93. The Morgan fingerprint density at radius 2 is 1.94 bits per heavy atom. The van der Waals surface area contributed by atoms with Gasteiger partial charge in [-0.05, 0) is 37.5 Å². The topological polar surface area (TPSA) is 79.3 Å². The van der Waals surface area contributed by atoms with Crippen LogP contribution in [-0.4, -0.2) is 62.3 Å². The van der Waals surface area contributed by atoms with Gasteiger partial charge in [0.15, 0.2) is 0 Å². The second-order valence-corrected chi connectivity index (χ2v) is 11.5. The third-order valence-electron chi connectivity index (χ3n) is 6.85. The molecule has 0 amide bonds. The van der Waals surface area contributed by atoms with Crippen LogP contribution in [0.1, 0.15) is 51.5 Å². The van der Waals surface area contributed by atoms with Crippen LogP contribution in [0.2, 0.25) is 0 Å². The maximum Gasteiger partial charge on any atom is 0.247 e. The predicted molar refractivity (Wildman–Crippen MR) is 137 cm³/mol. The fourth-order valence-electron chi connectivity index (χ4n) is 4.84. The molecule has 2 aromatic carbocycles. The molecule has 2 aliphatic rings. The van der Waals surface area contributed by atoms with E-state index >= 15 is 0 Å². The normalized spacial score (nSPS) is 22.9. The summed E-state index contributed by atoms with van der Waals surface area (Å²) in [4.78, 5) is 2.27. The molecule has 3 atom stereocenters. The summed E-state index contributed by atoms with van der Waals surface area (Å²) in [6.45, 7) is 6.38. The van der Waals surface area contributed by atoms with Crippen LogP contribution in [0.15, 0.2) is 53.4 Å². The molecular weight excluding hydrogens is 464 g/mol. The molecule has 0 aliphatic carbocycles. The highest BCUT2D eigenvalue weighted by Gasteiger charge is 2.38. The standard InChI is InChI=1S/C27H38N2O5S/c1-3-4-6-9-21(2)29-18-25(20-33-19-22-10-7-5-8-11-22)34-26-16-23(28-15-14-24(30)17-28)12-13-27(26)35(29,31)32/h5,7-8,10-13,16,21,24-25,30H,3-4,6,9,14-15,17-20H2,1-2H3/t21-,24+,25+/m0/s1. The maximum absolute atomic E-state index is 13.8. The molecule has 2 aromatic rings. The molecule has 1 saturated heterocycles. The zero-order valence-electron chi connectivity index (χ0n) is 20.8. The molecule has 0 unspecified atom stereocenters. The van der Waals surface area contributed by atoms with Crippen LogP contribution in [0.3, 0.4) is 0 Å². The van der Waals surface area contributed by atoms with E-state index in [9.17, 15) is 13.5 Å². The number of sulfonamides is 1. The van der Waals surface area contributed by atoms with Gasteiger partial charge in [0.1, 0.15) is 16.7 Å². The second kappa shape index (κ2) is 11.7. The van der Waals surface area contributed by atoms with Gasteiger partial charge in [0.05, 0.1) is 25.9 Å². The van der Waals surface area contributed by atoms with E-state index in [0.717, 1.165) is 43.5 Å².